The molecule has 0 bridgehead atoms. The predicted molar refractivity (Wildman–Crippen MR) is 195 cm³/mol. The van der Waals surface area contributed by atoms with E-state index in [2.05, 4.69) is 25.5 Å². The van der Waals surface area contributed by atoms with Gasteiger partial charge in [0.2, 0.25) is 11.8 Å². The number of likely N-dealkylation sites (N-methyl/N-ethyl adjacent to an activating group) is 2. The third-order valence-corrected chi connectivity index (χ3v) is 11.9. The molecule has 1 aliphatic carbocycles. The van der Waals surface area contributed by atoms with Gasteiger partial charge in [-0.1, -0.05) is 33.6 Å². The van der Waals surface area contributed by atoms with Gasteiger partial charge in [0.15, 0.2) is 6.10 Å². The standard InChI is InChI=1S/C36H54N6O7S2/c1-21(2)28(42(6)35(46)31(24-11-10-12-24)40-33(45)27-13-8-9-15-41(27)5)19-29(49-23(4)43)34-39-26(20-51-34)32(44)38-25(17-22(3)36(47)48-7)18-30-37-14-16-50-30/h14,16,20-22,24-25,27-29,31H,8-13,15,17-19H2,1-7H3,(H,38,44)(H,40,45)/t22-,25+,27+,28+,29+,31-/m0/s1. The summed E-state index contributed by atoms with van der Waals surface area (Å²) in [4.78, 5) is 78.3. The van der Waals surface area contributed by atoms with E-state index < -0.39 is 36.0 Å². The van der Waals surface area contributed by atoms with Gasteiger partial charge in [-0.05, 0) is 57.5 Å². The number of methoxy groups -OCH3 is 1. The Kier molecular flexibility index (Phi) is 14.9. The minimum absolute atomic E-state index is 0.0228. The first-order valence-electron chi connectivity index (χ1n) is 18.0. The number of rotatable bonds is 17. The highest BCUT2D eigenvalue weighted by molar-refractivity contribution is 7.10. The summed E-state index contributed by atoms with van der Waals surface area (Å²) in [6, 6.07) is -1.64. The molecule has 3 amide bonds. The molecule has 6 atom stereocenters. The third-order valence-electron chi connectivity index (χ3n) is 10.1. The minimum Gasteiger partial charge on any atom is -0.469 e. The van der Waals surface area contributed by atoms with Crippen LogP contribution in [0.1, 0.15) is 106 Å². The molecule has 2 aromatic rings. The zero-order valence-electron chi connectivity index (χ0n) is 30.9. The number of piperidine rings is 1. The average Bonchev–Trinajstić information content (AvgIpc) is 3.77. The Hall–Kier alpha value is -3.43. The number of esters is 2. The Bertz CT molecular complexity index is 1480. The zero-order chi connectivity index (χ0) is 37.2. The zero-order valence-corrected chi connectivity index (χ0v) is 32.5. The van der Waals surface area contributed by atoms with Gasteiger partial charge < -0.3 is 25.0 Å². The van der Waals surface area contributed by atoms with Gasteiger partial charge >= 0.3 is 11.9 Å². The Morgan fingerprint density at radius 3 is 2.37 bits per heavy atom. The van der Waals surface area contributed by atoms with Crippen LogP contribution in [0.2, 0.25) is 0 Å². The summed E-state index contributed by atoms with van der Waals surface area (Å²) in [5.41, 5.74) is 0.160. The average molecular weight is 747 g/mol. The molecule has 2 aliphatic rings. The van der Waals surface area contributed by atoms with Crippen LogP contribution >= 0.6 is 22.7 Å². The first-order chi connectivity index (χ1) is 24.3. The van der Waals surface area contributed by atoms with Crippen molar-refractivity contribution in [2.45, 2.75) is 116 Å². The second kappa shape index (κ2) is 18.9. The van der Waals surface area contributed by atoms with Crippen LogP contribution in [0.4, 0.5) is 0 Å². The molecule has 0 unspecified atom stereocenters. The number of carbonyl (C=O) groups excluding carboxylic acids is 5. The first-order valence-corrected chi connectivity index (χ1v) is 19.7. The molecular weight excluding hydrogens is 693 g/mol. The fraction of sp³-hybridized carbons (Fsp3) is 0.694. The lowest BCUT2D eigenvalue weighted by atomic mass is 9.78. The summed E-state index contributed by atoms with van der Waals surface area (Å²) in [5.74, 6) is -1.94. The molecule has 1 aliphatic heterocycles. The molecule has 0 radical (unpaired) electrons. The molecular formula is C36H54N6O7S2. The van der Waals surface area contributed by atoms with Crippen LogP contribution in [-0.2, 0) is 35.1 Å². The monoisotopic (exact) mass is 746 g/mol. The number of thiazole rings is 2. The summed E-state index contributed by atoms with van der Waals surface area (Å²) in [6.07, 6.45) is 7.53. The molecule has 3 heterocycles. The van der Waals surface area contributed by atoms with E-state index in [1.165, 1.54) is 36.7 Å². The van der Waals surface area contributed by atoms with Crippen LogP contribution in [0, 0.1) is 17.8 Å². The van der Waals surface area contributed by atoms with Gasteiger partial charge in [0.1, 0.15) is 16.7 Å². The summed E-state index contributed by atoms with van der Waals surface area (Å²) in [6.45, 7) is 7.94. The van der Waals surface area contributed by atoms with Crippen LogP contribution < -0.4 is 10.6 Å². The maximum Gasteiger partial charge on any atom is 0.308 e. The molecule has 51 heavy (non-hydrogen) atoms. The van der Waals surface area contributed by atoms with Crippen molar-refractivity contribution in [2.75, 3.05) is 27.7 Å². The lowest BCUT2D eigenvalue weighted by Gasteiger charge is -2.41. The molecule has 2 N–H and O–H groups in total. The van der Waals surface area contributed by atoms with Crippen molar-refractivity contribution in [3.05, 3.63) is 32.7 Å². The maximum atomic E-state index is 14.2. The highest BCUT2D eigenvalue weighted by atomic mass is 32.1. The third kappa shape index (κ3) is 11.0. The highest BCUT2D eigenvalue weighted by Crippen LogP contribution is 2.34. The topological polar surface area (TPSA) is 160 Å². The molecule has 2 aromatic heterocycles. The number of nitrogens with one attached hydrogen (secondary N) is 2. The summed E-state index contributed by atoms with van der Waals surface area (Å²) < 4.78 is 10.7. The summed E-state index contributed by atoms with van der Waals surface area (Å²) in [5, 5.41) is 10.9. The molecule has 1 saturated heterocycles. The lowest BCUT2D eigenvalue weighted by molar-refractivity contribution is -0.149. The number of hydrogen-bond acceptors (Lipinski definition) is 12. The van der Waals surface area contributed by atoms with Gasteiger partial charge in [0.05, 0.1) is 24.1 Å². The quantitative estimate of drug-likeness (QED) is 0.223. The van der Waals surface area contributed by atoms with Crippen molar-refractivity contribution in [2.24, 2.45) is 17.8 Å². The lowest BCUT2D eigenvalue weighted by Crippen LogP contribution is -2.59. The number of nitrogens with zero attached hydrogens (tertiary/aromatic N) is 4. The van der Waals surface area contributed by atoms with Crippen LogP contribution in [-0.4, -0.2) is 101 Å². The normalized spacial score (nSPS) is 19.6. The number of ether oxygens (including phenoxy) is 2. The molecule has 15 heteroatoms. The van der Waals surface area contributed by atoms with E-state index in [4.69, 9.17) is 9.47 Å². The molecule has 13 nitrogen and oxygen atoms in total. The van der Waals surface area contributed by atoms with Crippen molar-refractivity contribution in [3.63, 3.8) is 0 Å². The van der Waals surface area contributed by atoms with Gasteiger partial charge in [-0.3, -0.25) is 28.9 Å². The smallest absolute Gasteiger partial charge is 0.308 e. The fourth-order valence-electron chi connectivity index (χ4n) is 6.97. The van der Waals surface area contributed by atoms with Crippen molar-refractivity contribution >= 4 is 52.3 Å². The number of carbonyl (C=O) groups is 5. The van der Waals surface area contributed by atoms with E-state index in [-0.39, 0.29) is 53.8 Å². The first kappa shape index (κ1) is 40.3. The molecule has 4 rings (SSSR count). The molecule has 0 spiro atoms. The Morgan fingerprint density at radius 2 is 1.78 bits per heavy atom. The van der Waals surface area contributed by atoms with E-state index in [0.717, 1.165) is 50.1 Å². The predicted octanol–water partition coefficient (Wildman–Crippen LogP) is 4.39. The SMILES string of the molecule is COC(=O)[C@@H](C)C[C@H](Cc1nccs1)NC(=O)c1csc([C@@H](C[C@H](C(C)C)N(C)C(=O)[C@@H](NC(=O)[C@H]2CCCCN2C)C2CCC2)OC(C)=O)n1. The summed E-state index contributed by atoms with van der Waals surface area (Å²) in [7, 11) is 5.05. The highest BCUT2D eigenvalue weighted by Gasteiger charge is 2.40. The van der Waals surface area contributed by atoms with E-state index in [1.807, 2.05) is 26.3 Å². The molecule has 2 fully saturated rings. The van der Waals surface area contributed by atoms with Crippen LogP contribution in [0.5, 0.6) is 0 Å². The van der Waals surface area contributed by atoms with Crippen LogP contribution in [0.3, 0.4) is 0 Å². The van der Waals surface area contributed by atoms with Crippen molar-refractivity contribution in [1.82, 2.24) is 30.4 Å². The Morgan fingerprint density at radius 1 is 1.04 bits per heavy atom. The van der Waals surface area contributed by atoms with Crippen LogP contribution in [0.15, 0.2) is 17.0 Å². The van der Waals surface area contributed by atoms with E-state index in [9.17, 15) is 24.0 Å². The van der Waals surface area contributed by atoms with Crippen LogP contribution in [0.25, 0.3) is 0 Å². The second-order valence-corrected chi connectivity index (χ2v) is 16.2. The number of aromatic nitrogens is 2. The van der Waals surface area contributed by atoms with Gasteiger partial charge in [-0.25, -0.2) is 9.97 Å². The number of hydrogen-bond donors (Lipinski definition) is 2. The van der Waals surface area contributed by atoms with Crippen molar-refractivity contribution in [1.29, 1.82) is 0 Å². The van der Waals surface area contributed by atoms with Gasteiger partial charge in [0, 0.05) is 55.9 Å². The fourth-order valence-corrected chi connectivity index (χ4v) is 8.51. The number of likely N-dealkylation sites (tertiary alicyclic amines) is 1. The largest absolute Gasteiger partial charge is 0.469 e. The van der Waals surface area contributed by atoms with Gasteiger partial charge in [0.25, 0.3) is 5.91 Å². The van der Waals surface area contributed by atoms with E-state index in [1.54, 1.807) is 30.4 Å². The molecule has 282 valence electrons. The van der Waals surface area contributed by atoms with E-state index >= 15 is 0 Å². The van der Waals surface area contributed by atoms with Crippen molar-refractivity contribution in [3.8, 4) is 0 Å². The molecule has 0 aromatic carbocycles. The molecule has 1 saturated carbocycles. The second-order valence-electron chi connectivity index (χ2n) is 14.3. The maximum absolute atomic E-state index is 14.2. The van der Waals surface area contributed by atoms with Gasteiger partial charge in [-0.2, -0.15) is 0 Å². The Balaban J connectivity index is 1.49. The van der Waals surface area contributed by atoms with Gasteiger partial charge in [-0.15, -0.1) is 22.7 Å². The summed E-state index contributed by atoms with van der Waals surface area (Å²) >= 11 is 2.67. The number of amides is 3. The van der Waals surface area contributed by atoms with Crippen molar-refractivity contribution < 1.29 is 33.4 Å². The van der Waals surface area contributed by atoms with E-state index in [0.29, 0.717) is 17.8 Å². The minimum atomic E-state index is -0.810. The Labute approximate surface area is 309 Å².